The number of amides is 1. The Morgan fingerprint density at radius 1 is 1.28 bits per heavy atom. The number of allylic oxidation sites excluding steroid dienone is 3. The molecule has 0 bridgehead atoms. The van der Waals surface area contributed by atoms with Gasteiger partial charge in [0.2, 0.25) is 5.91 Å². The number of carbonyl (C=O) groups excluding carboxylic acids is 1. The Morgan fingerprint density at radius 3 is 2.69 bits per heavy atom. The summed E-state index contributed by atoms with van der Waals surface area (Å²) in [5.41, 5.74) is 0.224. The first-order valence-electron chi connectivity index (χ1n) is 11.5. The quantitative estimate of drug-likeness (QED) is 0.504. The number of nitrogens with two attached hydrogens (primary N) is 1. The highest BCUT2D eigenvalue weighted by Crippen LogP contribution is 2.34. The van der Waals surface area contributed by atoms with Crippen molar-refractivity contribution in [2.75, 3.05) is 27.3 Å². The molecule has 3 rings (SSSR count). The topological polar surface area (TPSA) is 92.8 Å². The molecule has 2 heterocycles. The van der Waals surface area contributed by atoms with Crippen LogP contribution in [0.15, 0.2) is 63.6 Å². The number of hydrazine groups is 1. The zero-order chi connectivity index (χ0) is 26.3. The number of hydrogen-bond acceptors (Lipinski definition) is 7. The molecule has 36 heavy (non-hydrogen) atoms. The van der Waals surface area contributed by atoms with Crippen molar-refractivity contribution in [2.45, 2.75) is 38.8 Å². The van der Waals surface area contributed by atoms with Crippen molar-refractivity contribution in [3.05, 3.63) is 59.2 Å². The van der Waals surface area contributed by atoms with Gasteiger partial charge in [0.1, 0.15) is 11.5 Å². The number of nitrogens with zero attached hydrogens (tertiary/aromatic N) is 4. The molecule has 0 unspecified atom stereocenters. The van der Waals surface area contributed by atoms with E-state index < -0.39 is 11.9 Å². The number of benzene rings is 1. The van der Waals surface area contributed by atoms with Crippen LogP contribution in [0.2, 0.25) is 0 Å². The fourth-order valence-corrected chi connectivity index (χ4v) is 3.61. The Kier molecular flexibility index (Phi) is 8.92. The second kappa shape index (κ2) is 11.9. The van der Waals surface area contributed by atoms with E-state index in [2.05, 4.69) is 9.98 Å². The van der Waals surface area contributed by atoms with Crippen LogP contribution in [0.4, 0.5) is 13.2 Å². The summed E-state index contributed by atoms with van der Waals surface area (Å²) in [6, 6.07) is 4.72. The lowest BCUT2D eigenvalue weighted by Crippen LogP contribution is -2.39. The average molecular weight is 506 g/mol. The van der Waals surface area contributed by atoms with Gasteiger partial charge >= 0.3 is 6.18 Å². The van der Waals surface area contributed by atoms with Crippen molar-refractivity contribution in [3.8, 4) is 11.5 Å². The van der Waals surface area contributed by atoms with Crippen LogP contribution in [0.25, 0.3) is 0 Å². The summed E-state index contributed by atoms with van der Waals surface area (Å²) in [4.78, 5) is 22.8. The lowest BCUT2D eigenvalue weighted by Gasteiger charge is -2.28. The van der Waals surface area contributed by atoms with Gasteiger partial charge in [0.25, 0.3) is 0 Å². The summed E-state index contributed by atoms with van der Waals surface area (Å²) >= 11 is 0. The van der Waals surface area contributed by atoms with Crippen molar-refractivity contribution >= 4 is 17.8 Å². The summed E-state index contributed by atoms with van der Waals surface area (Å²) in [5.74, 6) is 6.12. The molecule has 1 aromatic carbocycles. The summed E-state index contributed by atoms with van der Waals surface area (Å²) in [7, 11) is 3.11. The molecule has 0 fully saturated rings. The van der Waals surface area contributed by atoms with Crippen LogP contribution in [-0.2, 0) is 4.79 Å². The molecule has 2 aliphatic rings. The Labute approximate surface area is 208 Å². The van der Waals surface area contributed by atoms with Gasteiger partial charge in [-0.3, -0.25) is 14.8 Å². The molecule has 0 aromatic heterocycles. The van der Waals surface area contributed by atoms with E-state index in [9.17, 15) is 18.0 Å². The lowest BCUT2D eigenvalue weighted by molar-refractivity contribution is -0.128. The van der Waals surface area contributed by atoms with E-state index in [1.165, 1.54) is 18.1 Å². The van der Waals surface area contributed by atoms with Crippen LogP contribution in [0.1, 0.15) is 38.2 Å². The molecule has 0 radical (unpaired) electrons. The summed E-state index contributed by atoms with van der Waals surface area (Å²) < 4.78 is 52.1. The highest BCUT2D eigenvalue weighted by Gasteiger charge is 2.40. The van der Waals surface area contributed by atoms with Gasteiger partial charge in [0.15, 0.2) is 11.5 Å². The Bertz CT molecular complexity index is 1120. The number of methoxy groups -OCH3 is 1. The first-order valence-corrected chi connectivity index (χ1v) is 11.5. The van der Waals surface area contributed by atoms with Crippen LogP contribution in [-0.4, -0.2) is 61.2 Å². The normalized spacial score (nSPS) is 16.9. The molecule has 0 spiro atoms. The minimum Gasteiger partial charge on any atom is -0.493 e. The molecule has 0 aliphatic carbocycles. The van der Waals surface area contributed by atoms with E-state index in [0.29, 0.717) is 41.6 Å². The van der Waals surface area contributed by atoms with Crippen molar-refractivity contribution in [1.82, 2.24) is 9.91 Å². The predicted octanol–water partition coefficient (Wildman–Crippen LogP) is 4.35. The third kappa shape index (κ3) is 6.75. The van der Waals surface area contributed by atoms with Crippen molar-refractivity contribution in [3.63, 3.8) is 0 Å². The standard InChI is InChI=1S/C25H30F3N5O3/c1-4-36-21-15-17(8-9-20(21)35-3)19-16-22(25(26,27)28)33(29)23(31-19)10-11-24(34)32(2)14-12-18-7-5-6-13-30-18/h7-10,13,15-16H,4-6,11-12,14,29H2,1-3H3/b23-10-. The first kappa shape index (κ1) is 27.0. The second-order valence-corrected chi connectivity index (χ2v) is 8.11. The third-order valence-corrected chi connectivity index (χ3v) is 5.59. The number of hydrogen-bond donors (Lipinski definition) is 1. The molecule has 8 nitrogen and oxygen atoms in total. The van der Waals surface area contributed by atoms with E-state index in [-0.39, 0.29) is 23.9 Å². The van der Waals surface area contributed by atoms with Crippen LogP contribution in [0, 0.1) is 0 Å². The lowest BCUT2D eigenvalue weighted by atomic mass is 10.1. The smallest absolute Gasteiger partial charge is 0.433 e. The zero-order valence-electron chi connectivity index (χ0n) is 20.5. The number of rotatable bonds is 9. The van der Waals surface area contributed by atoms with Gasteiger partial charge < -0.3 is 14.4 Å². The van der Waals surface area contributed by atoms with Gasteiger partial charge in [-0.05, 0) is 50.1 Å². The predicted molar refractivity (Wildman–Crippen MR) is 132 cm³/mol. The van der Waals surface area contributed by atoms with E-state index in [0.717, 1.165) is 24.6 Å². The molecular formula is C25H30F3N5O3. The molecule has 194 valence electrons. The maximum atomic E-state index is 13.8. The molecule has 2 N–H and O–H groups in total. The van der Waals surface area contributed by atoms with E-state index in [1.54, 1.807) is 32.2 Å². The van der Waals surface area contributed by atoms with Gasteiger partial charge in [-0.1, -0.05) is 6.08 Å². The van der Waals surface area contributed by atoms with Crippen LogP contribution >= 0.6 is 0 Å². The van der Waals surface area contributed by atoms with E-state index in [1.807, 2.05) is 12.3 Å². The van der Waals surface area contributed by atoms with Crippen molar-refractivity contribution in [2.24, 2.45) is 15.8 Å². The van der Waals surface area contributed by atoms with Gasteiger partial charge in [-0.2, -0.15) is 13.2 Å². The molecule has 1 amide bonds. The van der Waals surface area contributed by atoms with Gasteiger partial charge in [0, 0.05) is 43.9 Å². The van der Waals surface area contributed by atoms with Gasteiger partial charge in [0.05, 0.1) is 19.4 Å². The molecule has 0 saturated carbocycles. The second-order valence-electron chi connectivity index (χ2n) is 8.11. The number of carbonyl (C=O) groups is 1. The molecule has 1 aromatic rings. The Balaban J connectivity index is 1.83. The molecule has 11 heteroatoms. The third-order valence-electron chi connectivity index (χ3n) is 5.59. The SMILES string of the molecule is CCOc1cc(C2=N/C(=C/CC(=O)N(C)CCC3=CCCC=N3)N(N)C(C(F)(F)F)=C2)ccc1OC. The van der Waals surface area contributed by atoms with Crippen LogP contribution < -0.4 is 15.3 Å². The number of halogens is 3. The maximum Gasteiger partial charge on any atom is 0.433 e. The molecular weight excluding hydrogens is 475 g/mol. The summed E-state index contributed by atoms with van der Waals surface area (Å²) in [6.45, 7) is 2.56. The number of ether oxygens (including phenoxy) is 2. The molecule has 0 saturated heterocycles. The van der Waals surface area contributed by atoms with Crippen LogP contribution in [0.5, 0.6) is 11.5 Å². The molecule has 2 aliphatic heterocycles. The highest BCUT2D eigenvalue weighted by molar-refractivity contribution is 6.10. The average Bonchev–Trinajstić information content (AvgIpc) is 2.86. The summed E-state index contributed by atoms with van der Waals surface area (Å²) in [5, 5.41) is 0.450. The first-order chi connectivity index (χ1) is 17.1. The van der Waals surface area contributed by atoms with Crippen LogP contribution in [0.3, 0.4) is 0 Å². The highest BCUT2D eigenvalue weighted by atomic mass is 19.4. The van der Waals surface area contributed by atoms with Gasteiger partial charge in [-0.25, -0.2) is 10.8 Å². The largest absolute Gasteiger partial charge is 0.493 e. The Hall–Kier alpha value is -3.60. The monoisotopic (exact) mass is 505 g/mol. The van der Waals surface area contributed by atoms with Crippen molar-refractivity contribution in [1.29, 1.82) is 0 Å². The number of aliphatic imine (C=N–C) groups is 2. The van der Waals surface area contributed by atoms with E-state index >= 15 is 0 Å². The maximum absolute atomic E-state index is 13.8. The number of alkyl halides is 3. The molecule has 0 atom stereocenters. The van der Waals surface area contributed by atoms with E-state index in [4.69, 9.17) is 15.3 Å². The fraction of sp³-hybridized carbons (Fsp3) is 0.400. The minimum atomic E-state index is -4.74. The minimum absolute atomic E-state index is 0.0294. The Morgan fingerprint density at radius 2 is 2.06 bits per heavy atom. The van der Waals surface area contributed by atoms with Crippen molar-refractivity contribution < 1.29 is 27.4 Å². The fourth-order valence-electron chi connectivity index (χ4n) is 3.61. The summed E-state index contributed by atoms with van der Waals surface area (Å²) in [6.07, 6.45) is 3.56. The van der Waals surface area contributed by atoms with Gasteiger partial charge in [-0.15, -0.1) is 0 Å². The zero-order valence-corrected chi connectivity index (χ0v) is 20.5.